The molecule has 1 aliphatic heterocycles. The van der Waals surface area contributed by atoms with Crippen molar-refractivity contribution in [1.29, 1.82) is 0 Å². The predicted octanol–water partition coefficient (Wildman–Crippen LogP) is 4.88. The predicted molar refractivity (Wildman–Crippen MR) is 107 cm³/mol. The number of halogens is 2. The van der Waals surface area contributed by atoms with E-state index in [1.807, 2.05) is 6.07 Å². The first kappa shape index (κ1) is 17.8. The van der Waals surface area contributed by atoms with Gasteiger partial charge in [0.05, 0.1) is 27.6 Å². The number of carbonyl (C=O) groups is 2. The monoisotopic (exact) mass is 413 g/mol. The molecule has 2 aromatic carbocycles. The van der Waals surface area contributed by atoms with Gasteiger partial charge in [-0.05, 0) is 60.2 Å². The van der Waals surface area contributed by atoms with Crippen molar-refractivity contribution in [2.45, 2.75) is 13.0 Å². The highest BCUT2D eigenvalue weighted by atomic mass is 35.5. The fraction of sp³-hybridized carbons (Fsp3) is 0.273. The number of carbonyl (C=O) groups excluding carboxylic acids is 2. The third-order valence-corrected chi connectivity index (χ3v) is 6.69. The molecular formula is C22H17Cl2NO3. The van der Waals surface area contributed by atoms with E-state index in [1.54, 1.807) is 36.4 Å². The zero-order valence-corrected chi connectivity index (χ0v) is 16.4. The summed E-state index contributed by atoms with van der Waals surface area (Å²) in [5, 5.41) is 0.987. The third-order valence-electron chi connectivity index (χ3n) is 5.95. The van der Waals surface area contributed by atoms with Crippen LogP contribution in [0.25, 0.3) is 0 Å². The smallest absolute Gasteiger partial charge is 0.238 e. The molecule has 0 radical (unpaired) electrons. The number of nitrogens with zero attached hydrogens (tertiary/aromatic N) is 1. The van der Waals surface area contributed by atoms with Gasteiger partial charge in [0.25, 0.3) is 0 Å². The lowest BCUT2D eigenvalue weighted by atomic mass is 9.85. The molecule has 0 unspecified atom stereocenters. The zero-order valence-electron chi connectivity index (χ0n) is 14.8. The zero-order chi connectivity index (χ0) is 19.4. The first-order valence-electron chi connectivity index (χ1n) is 9.26. The fourth-order valence-corrected chi connectivity index (χ4v) is 4.97. The maximum atomic E-state index is 12.9. The number of fused-ring (bicyclic) bond motifs is 5. The number of hydrogen-bond donors (Lipinski definition) is 0. The van der Waals surface area contributed by atoms with E-state index in [2.05, 4.69) is 12.2 Å². The fourth-order valence-electron chi connectivity index (χ4n) is 4.64. The maximum absolute atomic E-state index is 12.9. The van der Waals surface area contributed by atoms with Crippen LogP contribution >= 0.6 is 23.2 Å². The molecule has 1 saturated carbocycles. The molecule has 4 atom stereocenters. The molecule has 142 valence electrons. The lowest BCUT2D eigenvalue weighted by Crippen LogP contribution is -2.32. The normalized spacial score (nSPS) is 27.6. The molecular weight excluding hydrogens is 397 g/mol. The van der Waals surface area contributed by atoms with Gasteiger partial charge < -0.3 is 4.74 Å². The number of allylic oxidation sites excluding steroid dienone is 2. The van der Waals surface area contributed by atoms with E-state index in [9.17, 15) is 9.59 Å². The summed E-state index contributed by atoms with van der Waals surface area (Å²) in [5.74, 6) is 0.556. The second-order valence-electron chi connectivity index (χ2n) is 7.54. The number of benzene rings is 2. The SMILES string of the molecule is O=C1[C@@H]2[C@@H](C(=O)N1c1ccc(OCc3ccc(Cl)c(Cl)c3)cc1)[C@H]1C=C[C@H]2C1. The topological polar surface area (TPSA) is 46.6 Å². The Morgan fingerprint density at radius 1 is 0.893 bits per heavy atom. The number of ether oxygens (including phenoxy) is 1. The van der Waals surface area contributed by atoms with Gasteiger partial charge in [0.15, 0.2) is 0 Å². The Hall–Kier alpha value is -2.30. The number of hydrogen-bond acceptors (Lipinski definition) is 3. The molecule has 3 aliphatic rings. The second kappa shape index (κ2) is 6.64. The average Bonchev–Trinajstić information content (AvgIpc) is 3.37. The van der Waals surface area contributed by atoms with Crippen molar-refractivity contribution in [3.63, 3.8) is 0 Å². The first-order chi connectivity index (χ1) is 13.5. The van der Waals surface area contributed by atoms with Gasteiger partial charge in [-0.25, -0.2) is 0 Å². The van der Waals surface area contributed by atoms with Gasteiger partial charge >= 0.3 is 0 Å². The summed E-state index contributed by atoms with van der Waals surface area (Å²) in [6.07, 6.45) is 5.13. The van der Waals surface area contributed by atoms with Crippen molar-refractivity contribution in [3.05, 3.63) is 70.2 Å². The van der Waals surface area contributed by atoms with E-state index in [-0.39, 0.29) is 35.5 Å². The minimum Gasteiger partial charge on any atom is -0.489 e. The Morgan fingerprint density at radius 2 is 1.54 bits per heavy atom. The van der Waals surface area contributed by atoms with Gasteiger partial charge in [-0.15, -0.1) is 0 Å². The number of anilines is 1. The summed E-state index contributed by atoms with van der Waals surface area (Å²) in [6, 6.07) is 12.4. The Labute approximate surface area is 172 Å². The van der Waals surface area contributed by atoms with Crippen molar-refractivity contribution in [2.24, 2.45) is 23.7 Å². The van der Waals surface area contributed by atoms with Gasteiger partial charge in [0, 0.05) is 0 Å². The molecule has 1 saturated heterocycles. The molecule has 0 spiro atoms. The highest BCUT2D eigenvalue weighted by Crippen LogP contribution is 2.53. The first-order valence-corrected chi connectivity index (χ1v) is 10.0. The van der Waals surface area contributed by atoms with Crippen molar-refractivity contribution in [3.8, 4) is 5.75 Å². The Bertz CT molecular complexity index is 971. The second-order valence-corrected chi connectivity index (χ2v) is 8.36. The standard InChI is InChI=1S/C22H17Cl2NO3/c23-17-8-1-12(9-18(17)24)11-28-16-6-4-15(5-7-16)25-21(26)19-13-2-3-14(10-13)20(19)22(25)27/h1-9,13-14,19-20H,10-11H2/t13-,14-,19-,20-/m0/s1. The van der Waals surface area contributed by atoms with Crippen LogP contribution in [0.1, 0.15) is 12.0 Å². The van der Waals surface area contributed by atoms with Gasteiger partial charge in [-0.2, -0.15) is 0 Å². The van der Waals surface area contributed by atoms with Gasteiger partial charge in [0.1, 0.15) is 12.4 Å². The summed E-state index contributed by atoms with van der Waals surface area (Å²) in [7, 11) is 0. The Kier molecular flexibility index (Phi) is 4.22. The van der Waals surface area contributed by atoms with E-state index in [4.69, 9.17) is 27.9 Å². The molecule has 0 N–H and O–H groups in total. The van der Waals surface area contributed by atoms with Crippen molar-refractivity contribution in [2.75, 3.05) is 4.90 Å². The van der Waals surface area contributed by atoms with Crippen LogP contribution in [-0.4, -0.2) is 11.8 Å². The lowest BCUT2D eigenvalue weighted by molar-refractivity contribution is -0.123. The van der Waals surface area contributed by atoms with Crippen LogP contribution in [0.5, 0.6) is 5.75 Å². The van der Waals surface area contributed by atoms with Crippen molar-refractivity contribution >= 4 is 40.7 Å². The molecule has 0 aromatic heterocycles. The van der Waals surface area contributed by atoms with E-state index >= 15 is 0 Å². The number of rotatable bonds is 4. The van der Waals surface area contributed by atoms with Crippen LogP contribution in [0.4, 0.5) is 5.69 Å². The molecule has 4 nitrogen and oxygen atoms in total. The lowest BCUT2D eigenvalue weighted by Gasteiger charge is -2.17. The van der Waals surface area contributed by atoms with E-state index in [1.165, 1.54) is 4.90 Å². The minimum atomic E-state index is -0.187. The van der Waals surface area contributed by atoms with Crippen molar-refractivity contribution in [1.82, 2.24) is 0 Å². The van der Waals surface area contributed by atoms with Crippen LogP contribution < -0.4 is 9.64 Å². The van der Waals surface area contributed by atoms with Crippen LogP contribution in [0.15, 0.2) is 54.6 Å². The van der Waals surface area contributed by atoms with Crippen LogP contribution in [0, 0.1) is 23.7 Å². The Morgan fingerprint density at radius 3 is 2.14 bits per heavy atom. The molecule has 28 heavy (non-hydrogen) atoms. The maximum Gasteiger partial charge on any atom is 0.238 e. The van der Waals surface area contributed by atoms with Crippen LogP contribution in [-0.2, 0) is 16.2 Å². The summed E-state index contributed by atoms with van der Waals surface area (Å²) >= 11 is 11.9. The molecule has 2 bridgehead atoms. The minimum absolute atomic E-state index is 0.0728. The average molecular weight is 414 g/mol. The molecule has 2 aromatic rings. The largest absolute Gasteiger partial charge is 0.489 e. The molecule has 2 amide bonds. The quantitative estimate of drug-likeness (QED) is 0.529. The van der Waals surface area contributed by atoms with Gasteiger partial charge in [-0.3, -0.25) is 14.5 Å². The summed E-state index contributed by atoms with van der Waals surface area (Å²) in [5.41, 5.74) is 1.50. The number of imide groups is 1. The molecule has 1 heterocycles. The van der Waals surface area contributed by atoms with E-state index in [0.717, 1.165) is 12.0 Å². The van der Waals surface area contributed by atoms with Crippen LogP contribution in [0.2, 0.25) is 10.0 Å². The third kappa shape index (κ3) is 2.75. The summed E-state index contributed by atoms with van der Waals surface area (Å²) in [6.45, 7) is 0.344. The van der Waals surface area contributed by atoms with Crippen molar-refractivity contribution < 1.29 is 14.3 Å². The Balaban J connectivity index is 1.30. The number of amides is 2. The molecule has 2 fully saturated rings. The van der Waals surface area contributed by atoms with Gasteiger partial charge in [0.2, 0.25) is 11.8 Å². The molecule has 5 rings (SSSR count). The molecule has 6 heteroatoms. The summed E-state index contributed by atoms with van der Waals surface area (Å²) < 4.78 is 5.78. The highest BCUT2D eigenvalue weighted by Gasteiger charge is 2.59. The van der Waals surface area contributed by atoms with Gasteiger partial charge in [-0.1, -0.05) is 41.4 Å². The van der Waals surface area contributed by atoms with E-state index < -0.39 is 0 Å². The highest BCUT2D eigenvalue weighted by molar-refractivity contribution is 6.42. The molecule has 2 aliphatic carbocycles. The van der Waals surface area contributed by atoms with Crippen LogP contribution in [0.3, 0.4) is 0 Å². The summed E-state index contributed by atoms with van der Waals surface area (Å²) in [4.78, 5) is 27.1. The van der Waals surface area contributed by atoms with E-state index in [0.29, 0.717) is 28.1 Å².